The van der Waals surface area contributed by atoms with E-state index in [1.807, 2.05) is 0 Å². The molecule has 0 aromatic carbocycles. The maximum atomic E-state index is 11.8. The molecular weight excluding hydrogens is 296 g/mol. The van der Waals surface area contributed by atoms with E-state index in [1.165, 1.54) is 6.20 Å². The standard InChI is InChI=1S/C12H18N4O6/c13-3-1-7(18)14-9-10(20)6(5-17)22-11(9)16-4-2-8(19)15-12(16)21/h2,4,6,9-11,17,20H,1,3,5,13H2,(H,14,18)(H,15,19,21)/t6-,9?,10+,11-/m1/s1. The molecule has 10 nitrogen and oxygen atoms in total. The van der Waals surface area contributed by atoms with Crippen molar-refractivity contribution in [2.24, 2.45) is 5.73 Å². The Kier molecular flexibility index (Phi) is 5.08. The van der Waals surface area contributed by atoms with Crippen molar-refractivity contribution in [2.75, 3.05) is 13.2 Å². The number of aromatic nitrogens is 2. The molecule has 0 aliphatic carbocycles. The third-order valence-electron chi connectivity index (χ3n) is 3.37. The van der Waals surface area contributed by atoms with Gasteiger partial charge in [-0.2, -0.15) is 0 Å². The van der Waals surface area contributed by atoms with Crippen LogP contribution in [0.5, 0.6) is 0 Å². The van der Waals surface area contributed by atoms with Crippen LogP contribution in [0.2, 0.25) is 0 Å². The highest BCUT2D eigenvalue weighted by atomic mass is 16.5. The topological polar surface area (TPSA) is 160 Å². The molecule has 10 heteroatoms. The molecule has 0 radical (unpaired) electrons. The second-order valence-corrected chi connectivity index (χ2v) is 4.89. The van der Waals surface area contributed by atoms with Crippen LogP contribution in [0.25, 0.3) is 0 Å². The van der Waals surface area contributed by atoms with Gasteiger partial charge in [0.15, 0.2) is 6.23 Å². The number of nitrogens with one attached hydrogen (secondary N) is 2. The molecule has 1 amide bonds. The molecule has 4 atom stereocenters. The van der Waals surface area contributed by atoms with E-state index >= 15 is 0 Å². The first-order chi connectivity index (χ1) is 10.5. The Morgan fingerprint density at radius 3 is 2.82 bits per heavy atom. The first-order valence-electron chi connectivity index (χ1n) is 6.73. The Morgan fingerprint density at radius 2 is 2.23 bits per heavy atom. The summed E-state index contributed by atoms with van der Waals surface area (Å²) < 4.78 is 6.45. The zero-order valence-corrected chi connectivity index (χ0v) is 11.6. The lowest BCUT2D eigenvalue weighted by molar-refractivity contribution is -0.123. The number of ether oxygens (including phenoxy) is 1. The van der Waals surface area contributed by atoms with E-state index in [0.717, 1.165) is 10.6 Å². The van der Waals surface area contributed by atoms with E-state index in [-0.39, 0.29) is 13.0 Å². The summed E-state index contributed by atoms with van der Waals surface area (Å²) in [6, 6.07) is 0.155. The van der Waals surface area contributed by atoms with Crippen LogP contribution in [0.4, 0.5) is 0 Å². The number of nitrogens with two attached hydrogens (primary N) is 1. The normalized spacial score (nSPS) is 27.8. The fraction of sp³-hybridized carbons (Fsp3) is 0.583. The highest BCUT2D eigenvalue weighted by molar-refractivity contribution is 5.76. The minimum atomic E-state index is -1.21. The molecule has 1 fully saturated rings. The summed E-state index contributed by atoms with van der Waals surface area (Å²) in [5.74, 6) is -0.420. The molecule has 1 aliphatic heterocycles. The molecule has 1 aliphatic rings. The number of amides is 1. The molecular formula is C12H18N4O6. The summed E-state index contributed by atoms with van der Waals surface area (Å²) in [6.45, 7) is -0.360. The van der Waals surface area contributed by atoms with E-state index in [9.17, 15) is 24.6 Å². The van der Waals surface area contributed by atoms with Gasteiger partial charge in [-0.1, -0.05) is 0 Å². The number of carbonyl (C=O) groups excluding carboxylic acids is 1. The van der Waals surface area contributed by atoms with Gasteiger partial charge in [-0.05, 0) is 0 Å². The molecule has 1 aromatic heterocycles. The van der Waals surface area contributed by atoms with Crippen molar-refractivity contribution < 1.29 is 19.7 Å². The third kappa shape index (κ3) is 3.25. The van der Waals surface area contributed by atoms with Gasteiger partial charge in [0.1, 0.15) is 18.2 Å². The third-order valence-corrected chi connectivity index (χ3v) is 3.37. The van der Waals surface area contributed by atoms with Crippen LogP contribution in [-0.4, -0.2) is 57.1 Å². The lowest BCUT2D eigenvalue weighted by Crippen LogP contribution is -2.48. The number of carbonyl (C=O) groups is 1. The predicted molar refractivity (Wildman–Crippen MR) is 73.9 cm³/mol. The second kappa shape index (κ2) is 6.83. The Bertz CT molecular complexity index is 641. The average Bonchev–Trinajstić information content (AvgIpc) is 2.76. The summed E-state index contributed by atoms with van der Waals surface area (Å²) in [7, 11) is 0. The number of rotatable bonds is 5. The number of hydrogen-bond acceptors (Lipinski definition) is 7. The van der Waals surface area contributed by atoms with Crippen LogP contribution in [0.15, 0.2) is 21.9 Å². The maximum absolute atomic E-state index is 11.8. The molecule has 1 saturated heterocycles. The number of aliphatic hydroxyl groups excluding tert-OH is 2. The molecule has 0 saturated carbocycles. The van der Waals surface area contributed by atoms with Gasteiger partial charge in [-0.25, -0.2) is 4.79 Å². The van der Waals surface area contributed by atoms with Crippen LogP contribution in [0, 0.1) is 0 Å². The van der Waals surface area contributed by atoms with Crippen molar-refractivity contribution in [1.82, 2.24) is 14.9 Å². The molecule has 6 N–H and O–H groups in total. The first-order valence-corrected chi connectivity index (χ1v) is 6.73. The highest BCUT2D eigenvalue weighted by Gasteiger charge is 2.45. The van der Waals surface area contributed by atoms with E-state index < -0.39 is 48.2 Å². The molecule has 0 bridgehead atoms. The molecule has 122 valence electrons. The van der Waals surface area contributed by atoms with Crippen LogP contribution >= 0.6 is 0 Å². The van der Waals surface area contributed by atoms with Gasteiger partial charge in [0, 0.05) is 25.2 Å². The van der Waals surface area contributed by atoms with Crippen molar-refractivity contribution in [3.05, 3.63) is 33.1 Å². The number of aliphatic hydroxyl groups is 2. The second-order valence-electron chi connectivity index (χ2n) is 4.89. The highest BCUT2D eigenvalue weighted by Crippen LogP contribution is 2.28. The lowest BCUT2D eigenvalue weighted by atomic mass is 10.1. The molecule has 0 spiro atoms. The van der Waals surface area contributed by atoms with E-state index in [1.54, 1.807) is 0 Å². The first kappa shape index (κ1) is 16.4. The van der Waals surface area contributed by atoms with Gasteiger partial charge in [-0.3, -0.25) is 19.1 Å². The van der Waals surface area contributed by atoms with Crippen LogP contribution in [-0.2, 0) is 9.53 Å². The molecule has 2 heterocycles. The van der Waals surface area contributed by atoms with Crippen LogP contribution in [0.1, 0.15) is 12.6 Å². The smallest absolute Gasteiger partial charge is 0.330 e. The van der Waals surface area contributed by atoms with E-state index in [0.29, 0.717) is 0 Å². The van der Waals surface area contributed by atoms with Crippen LogP contribution in [0.3, 0.4) is 0 Å². The van der Waals surface area contributed by atoms with Gasteiger partial charge in [0.25, 0.3) is 5.56 Å². The summed E-state index contributed by atoms with van der Waals surface area (Å²) in [5, 5.41) is 21.9. The molecule has 2 rings (SSSR count). The van der Waals surface area contributed by atoms with Gasteiger partial charge < -0.3 is 26.0 Å². The van der Waals surface area contributed by atoms with Crippen molar-refractivity contribution in [3.63, 3.8) is 0 Å². The van der Waals surface area contributed by atoms with Gasteiger partial charge in [-0.15, -0.1) is 0 Å². The van der Waals surface area contributed by atoms with Crippen molar-refractivity contribution in [3.8, 4) is 0 Å². The number of aromatic amines is 1. The van der Waals surface area contributed by atoms with E-state index in [2.05, 4.69) is 10.3 Å². The number of hydrogen-bond donors (Lipinski definition) is 5. The lowest BCUT2D eigenvalue weighted by Gasteiger charge is -2.22. The zero-order valence-electron chi connectivity index (χ0n) is 11.6. The Labute approximate surface area is 124 Å². The summed E-state index contributed by atoms with van der Waals surface area (Å²) in [5.41, 5.74) is 3.96. The fourth-order valence-electron chi connectivity index (χ4n) is 2.31. The SMILES string of the molecule is NCCC(=O)NC1[C@@H](O)[C@@H](CO)O[C@H]1n1ccc(=O)[nH]c1=O. The summed E-state index contributed by atoms with van der Waals surface area (Å²) in [6.07, 6.45) is -2.00. The largest absolute Gasteiger partial charge is 0.394 e. The van der Waals surface area contributed by atoms with Crippen molar-refractivity contribution in [2.45, 2.75) is 30.9 Å². The fourth-order valence-corrected chi connectivity index (χ4v) is 2.31. The van der Waals surface area contributed by atoms with Gasteiger partial charge in [0.2, 0.25) is 5.91 Å². The van der Waals surface area contributed by atoms with Crippen molar-refractivity contribution in [1.29, 1.82) is 0 Å². The van der Waals surface area contributed by atoms with Gasteiger partial charge >= 0.3 is 5.69 Å². The minimum absolute atomic E-state index is 0.0419. The Morgan fingerprint density at radius 1 is 1.50 bits per heavy atom. The maximum Gasteiger partial charge on any atom is 0.330 e. The zero-order chi connectivity index (χ0) is 16.3. The summed E-state index contributed by atoms with van der Waals surface area (Å²) in [4.78, 5) is 36.7. The summed E-state index contributed by atoms with van der Waals surface area (Å²) >= 11 is 0. The van der Waals surface area contributed by atoms with Crippen molar-refractivity contribution >= 4 is 5.91 Å². The Balaban J connectivity index is 2.31. The predicted octanol–water partition coefficient (Wildman–Crippen LogP) is -3.38. The monoisotopic (exact) mass is 314 g/mol. The average molecular weight is 314 g/mol. The molecule has 22 heavy (non-hydrogen) atoms. The quantitative estimate of drug-likeness (QED) is 0.379. The Hall–Kier alpha value is -2.01. The van der Waals surface area contributed by atoms with Gasteiger partial charge in [0.05, 0.1) is 6.61 Å². The molecule has 1 unspecified atom stereocenters. The van der Waals surface area contributed by atoms with E-state index in [4.69, 9.17) is 10.5 Å². The molecule has 1 aromatic rings. The number of nitrogens with zero attached hydrogens (tertiary/aromatic N) is 1. The minimum Gasteiger partial charge on any atom is -0.394 e. The van der Waals surface area contributed by atoms with Crippen LogP contribution < -0.4 is 22.3 Å². The number of H-pyrrole nitrogens is 1.